The molecule has 0 aliphatic carbocycles. The van der Waals surface area contributed by atoms with Crippen molar-refractivity contribution in [2.75, 3.05) is 0 Å². The molecular weight excluding hydrogens is 282 g/mol. The van der Waals surface area contributed by atoms with E-state index in [1.165, 1.54) is 12.1 Å². The summed E-state index contributed by atoms with van der Waals surface area (Å²) in [6, 6.07) is 3.01. The van der Waals surface area contributed by atoms with Gasteiger partial charge in [-0.25, -0.2) is 0 Å². The zero-order valence-corrected chi connectivity index (χ0v) is 15.4. The fourth-order valence-corrected chi connectivity index (χ4v) is 15.0. The third-order valence-corrected chi connectivity index (χ3v) is 11.0. The summed E-state index contributed by atoms with van der Waals surface area (Å²) < 4.78 is 3.85. The minimum atomic E-state index is -0.864. The van der Waals surface area contributed by atoms with Gasteiger partial charge >= 0.3 is 23.1 Å². The average molecular weight is 307 g/mol. The molecule has 0 atom stereocenters. The van der Waals surface area contributed by atoms with Crippen LogP contribution in [0.5, 0.6) is 0 Å². The number of halogens is 1. The first-order valence-electron chi connectivity index (χ1n) is 4.91. The Morgan fingerprint density at radius 1 is 1.07 bits per heavy atom. The molecule has 1 aliphatic heterocycles. The minimum Gasteiger partial charge on any atom is -1.00 e. The summed E-state index contributed by atoms with van der Waals surface area (Å²) in [5.41, 5.74) is 0. The summed E-state index contributed by atoms with van der Waals surface area (Å²) >= 11 is 0. The Balaban J connectivity index is -0.000000218. The van der Waals surface area contributed by atoms with Crippen molar-refractivity contribution < 1.29 is 17.0 Å². The van der Waals surface area contributed by atoms with Crippen molar-refractivity contribution in [3.63, 3.8) is 0 Å². The van der Waals surface area contributed by atoms with E-state index in [2.05, 4.69) is 37.8 Å². The second-order valence-electron chi connectivity index (χ2n) is 4.89. The summed E-state index contributed by atoms with van der Waals surface area (Å²) in [7, 11) is -1.73. The van der Waals surface area contributed by atoms with Gasteiger partial charge in [0, 0.05) is 0 Å². The van der Waals surface area contributed by atoms with Crippen LogP contribution in [-0.4, -0.2) is 39.5 Å². The van der Waals surface area contributed by atoms with E-state index >= 15 is 0 Å². The van der Waals surface area contributed by atoms with Gasteiger partial charge in [-0.3, -0.25) is 0 Å². The van der Waals surface area contributed by atoms with Crippen LogP contribution < -0.4 is 21.6 Å². The first-order valence-corrected chi connectivity index (χ1v) is 11.3. The molecule has 0 aromatic carbocycles. The zero-order chi connectivity index (χ0) is 9.83. The van der Waals surface area contributed by atoms with E-state index in [0.29, 0.717) is 0 Å². The molecule has 5 heteroatoms. The molecule has 1 N–H and O–H groups in total. The predicted octanol–water partition coefficient (Wildman–Crippen LogP) is -0.147. The molecule has 0 unspecified atom stereocenters. The van der Waals surface area contributed by atoms with Crippen molar-refractivity contribution in [2.24, 2.45) is 0 Å². The van der Waals surface area contributed by atoms with Gasteiger partial charge in [0.05, 0.1) is 0 Å². The molecule has 1 saturated heterocycles. The van der Waals surface area contributed by atoms with Gasteiger partial charge in [-0.2, -0.15) is 6.42 Å². The summed E-state index contributed by atoms with van der Waals surface area (Å²) in [5, 5.41) is 0. The number of hydrogen-bond acceptors (Lipinski definition) is 1. The number of hydrogen-bond donors (Lipinski definition) is 1. The number of nitrogens with one attached hydrogen (secondary N) is 1. The maximum atomic E-state index is 3.85. The maximum absolute atomic E-state index is 3.85. The Kier molecular flexibility index (Phi) is 13.1. The van der Waals surface area contributed by atoms with E-state index in [-0.39, 0.29) is 40.0 Å². The van der Waals surface area contributed by atoms with Crippen molar-refractivity contribution in [1.29, 1.82) is 0 Å². The third-order valence-electron chi connectivity index (χ3n) is 2.05. The van der Waals surface area contributed by atoms with Gasteiger partial charge in [0.25, 0.3) is 0 Å². The Hall–Kier alpha value is 1.64. The fraction of sp³-hybridized carbons (Fsp3) is 0.889. The van der Waals surface area contributed by atoms with Crippen LogP contribution in [0.1, 0.15) is 13.3 Å². The Labute approximate surface area is 119 Å². The molecular formula is C9H24BrMgNSi2. The van der Waals surface area contributed by atoms with Gasteiger partial charge in [-0.05, 0) is 12.1 Å². The van der Waals surface area contributed by atoms with Gasteiger partial charge in [-0.15, -0.1) is 0 Å². The van der Waals surface area contributed by atoms with Crippen molar-refractivity contribution in [3.8, 4) is 0 Å². The van der Waals surface area contributed by atoms with Crippen LogP contribution in [-0.2, 0) is 0 Å². The van der Waals surface area contributed by atoms with Gasteiger partial charge in [-0.1, -0.05) is 33.1 Å². The van der Waals surface area contributed by atoms with E-state index in [1.807, 2.05) is 6.92 Å². The van der Waals surface area contributed by atoms with Crippen molar-refractivity contribution in [2.45, 2.75) is 51.6 Å². The van der Waals surface area contributed by atoms with E-state index in [1.54, 1.807) is 0 Å². The second-order valence-corrected chi connectivity index (χ2v) is 14.4. The van der Waals surface area contributed by atoms with Gasteiger partial charge < -0.3 is 28.6 Å². The molecule has 1 fully saturated rings. The Morgan fingerprint density at radius 3 is 1.36 bits per heavy atom. The van der Waals surface area contributed by atoms with Gasteiger partial charge in [0.15, 0.2) is 0 Å². The van der Waals surface area contributed by atoms with Crippen LogP contribution in [0.3, 0.4) is 0 Å². The zero-order valence-electron chi connectivity index (χ0n) is 10.4. The molecule has 0 amide bonds. The molecule has 0 spiro atoms. The van der Waals surface area contributed by atoms with E-state index < -0.39 is 16.5 Å². The maximum Gasteiger partial charge on any atom is 2.00 e. The quantitative estimate of drug-likeness (QED) is 0.485. The van der Waals surface area contributed by atoms with Crippen LogP contribution in [0, 0.1) is 6.92 Å². The van der Waals surface area contributed by atoms with Crippen molar-refractivity contribution in [1.82, 2.24) is 4.65 Å². The second kappa shape index (κ2) is 8.75. The molecule has 14 heavy (non-hydrogen) atoms. The fourth-order valence-electron chi connectivity index (χ4n) is 1.67. The van der Waals surface area contributed by atoms with Crippen molar-refractivity contribution in [3.05, 3.63) is 6.92 Å². The summed E-state index contributed by atoms with van der Waals surface area (Å²) in [5.74, 6) is 0. The Bertz CT molecular complexity index is 129. The van der Waals surface area contributed by atoms with E-state index in [4.69, 9.17) is 0 Å². The first-order chi connectivity index (χ1) is 5.33. The van der Waals surface area contributed by atoms with E-state index in [0.717, 1.165) is 6.42 Å². The summed E-state index contributed by atoms with van der Waals surface area (Å²) in [6.45, 7) is 15.3. The molecule has 0 saturated carbocycles. The third kappa shape index (κ3) is 10.2. The van der Waals surface area contributed by atoms with Crippen LogP contribution in [0.25, 0.3) is 0 Å². The van der Waals surface area contributed by atoms with Gasteiger partial charge in [0.1, 0.15) is 16.5 Å². The first kappa shape index (κ1) is 21.0. The molecule has 0 bridgehead atoms. The monoisotopic (exact) mass is 305 g/mol. The SMILES string of the molecule is C[Si]1(C)CC[Si](C)(C)N1.[Br-].[CH2-]CC.[Mg+2]. The smallest absolute Gasteiger partial charge is 1.00 e. The molecule has 82 valence electrons. The molecule has 1 aliphatic rings. The molecule has 1 heterocycles. The predicted molar refractivity (Wildman–Crippen MR) is 69.1 cm³/mol. The molecule has 0 radical (unpaired) electrons. The van der Waals surface area contributed by atoms with E-state index in [9.17, 15) is 0 Å². The van der Waals surface area contributed by atoms with Crippen LogP contribution in [0.2, 0.25) is 38.3 Å². The molecule has 1 rings (SSSR count). The summed E-state index contributed by atoms with van der Waals surface area (Å²) in [4.78, 5) is 0. The summed E-state index contributed by atoms with van der Waals surface area (Å²) in [6.07, 6.45) is 1.00. The average Bonchev–Trinajstić information content (AvgIpc) is 2.06. The molecule has 1 nitrogen and oxygen atoms in total. The topological polar surface area (TPSA) is 12.0 Å². The van der Waals surface area contributed by atoms with Gasteiger partial charge in [0.2, 0.25) is 0 Å². The normalized spacial score (nSPS) is 21.0. The van der Waals surface area contributed by atoms with Crippen molar-refractivity contribution >= 4 is 39.5 Å². The standard InChI is InChI=1S/C6H17NSi2.C3H7.BrH.Mg/c1-8(2)5-6-9(3,4)7-8;1-3-2;;/h7H,5-6H2,1-4H3;1,3H2,2H3;1H;/q;-1;;+2/p-1. The Morgan fingerprint density at radius 2 is 1.29 bits per heavy atom. The number of rotatable bonds is 0. The molecule has 0 aromatic rings. The molecule has 0 aromatic heterocycles. The van der Waals surface area contributed by atoms with Crippen LogP contribution >= 0.6 is 0 Å². The van der Waals surface area contributed by atoms with Crippen LogP contribution in [0.4, 0.5) is 0 Å². The largest absolute Gasteiger partial charge is 2.00 e. The minimum absolute atomic E-state index is 0. The van der Waals surface area contributed by atoms with Crippen LogP contribution in [0.15, 0.2) is 0 Å².